The maximum Gasteiger partial charge on any atom is 0.336 e. The smallest absolute Gasteiger partial charge is 0.336 e. The van der Waals surface area contributed by atoms with Crippen LogP contribution in [0.4, 0.5) is 0 Å². The van der Waals surface area contributed by atoms with Crippen LogP contribution in [0.5, 0.6) is 0 Å². The molecule has 0 rings (SSSR count). The van der Waals surface area contributed by atoms with Crippen molar-refractivity contribution < 1.29 is 24.2 Å². The molecule has 0 aliphatic carbocycles. The molecule has 2 unspecified atom stereocenters. The molecule has 3 N–H and O–H groups in total. The van der Waals surface area contributed by atoms with Gasteiger partial charge in [0, 0.05) is 0 Å². The summed E-state index contributed by atoms with van der Waals surface area (Å²) in [5.41, 5.74) is 5.12. The van der Waals surface area contributed by atoms with E-state index in [0.717, 1.165) is 14.2 Å². The molecular formula is C6H12ClNO5. The van der Waals surface area contributed by atoms with E-state index in [1.807, 2.05) is 0 Å². The lowest BCUT2D eigenvalue weighted by molar-refractivity contribution is -0.158. The summed E-state index contributed by atoms with van der Waals surface area (Å²) in [6, 6.07) is -1.40. The van der Waals surface area contributed by atoms with Gasteiger partial charge in [0.25, 0.3) is 0 Å². The van der Waals surface area contributed by atoms with Gasteiger partial charge in [0.15, 0.2) is 6.10 Å². The topological polar surface area (TPSA) is 98.9 Å². The number of aliphatic hydroxyl groups excluding tert-OH is 1. The maximum atomic E-state index is 10.7. The van der Waals surface area contributed by atoms with Crippen LogP contribution in [0.25, 0.3) is 0 Å². The van der Waals surface area contributed by atoms with Gasteiger partial charge in [0.05, 0.1) is 14.2 Å². The quantitative estimate of drug-likeness (QED) is 0.551. The number of halogens is 1. The third kappa shape index (κ3) is 4.07. The average Bonchev–Trinajstić information content (AvgIpc) is 2.12. The van der Waals surface area contributed by atoms with E-state index in [1.54, 1.807) is 0 Å². The van der Waals surface area contributed by atoms with E-state index >= 15 is 0 Å². The predicted octanol–water partition coefficient (Wildman–Crippen LogP) is -1.56. The molecule has 0 aromatic heterocycles. The van der Waals surface area contributed by atoms with E-state index in [-0.39, 0.29) is 12.4 Å². The first kappa shape index (κ1) is 14.7. The number of nitrogens with two attached hydrogens (primary N) is 1. The van der Waals surface area contributed by atoms with Crippen molar-refractivity contribution >= 4 is 24.3 Å². The lowest BCUT2D eigenvalue weighted by Gasteiger charge is -2.13. The van der Waals surface area contributed by atoms with E-state index < -0.39 is 24.1 Å². The van der Waals surface area contributed by atoms with E-state index in [1.165, 1.54) is 0 Å². The molecule has 2 atom stereocenters. The lowest BCUT2D eigenvalue weighted by Crippen LogP contribution is -2.47. The highest BCUT2D eigenvalue weighted by atomic mass is 35.5. The molecule has 0 spiro atoms. The minimum Gasteiger partial charge on any atom is -0.468 e. The Morgan fingerprint density at radius 3 is 1.92 bits per heavy atom. The summed E-state index contributed by atoms with van der Waals surface area (Å²) in [6.45, 7) is 0. The second kappa shape index (κ2) is 6.64. The second-order valence-corrected chi connectivity index (χ2v) is 2.02. The second-order valence-electron chi connectivity index (χ2n) is 2.02. The molecule has 0 heterocycles. The summed E-state index contributed by atoms with van der Waals surface area (Å²) in [4.78, 5) is 21.3. The van der Waals surface area contributed by atoms with Crippen LogP contribution in [0.3, 0.4) is 0 Å². The number of methoxy groups -OCH3 is 2. The van der Waals surface area contributed by atoms with E-state index in [4.69, 9.17) is 10.8 Å². The number of hydrogen-bond acceptors (Lipinski definition) is 6. The Balaban J connectivity index is 0. The molecule has 0 saturated heterocycles. The Morgan fingerprint density at radius 1 is 1.23 bits per heavy atom. The average molecular weight is 214 g/mol. The molecule has 0 aliphatic rings. The third-order valence-electron chi connectivity index (χ3n) is 1.26. The van der Waals surface area contributed by atoms with Crippen molar-refractivity contribution in [1.82, 2.24) is 0 Å². The molecule has 6 nitrogen and oxygen atoms in total. The van der Waals surface area contributed by atoms with E-state index in [2.05, 4.69) is 9.47 Å². The number of esters is 2. The zero-order valence-electron chi connectivity index (χ0n) is 7.22. The van der Waals surface area contributed by atoms with Gasteiger partial charge in [-0.05, 0) is 0 Å². The van der Waals surface area contributed by atoms with Crippen molar-refractivity contribution in [3.8, 4) is 0 Å². The molecule has 0 aliphatic heterocycles. The molecule has 0 fully saturated rings. The van der Waals surface area contributed by atoms with Gasteiger partial charge in [-0.1, -0.05) is 0 Å². The Kier molecular flexibility index (Phi) is 7.49. The fourth-order valence-corrected chi connectivity index (χ4v) is 0.532. The van der Waals surface area contributed by atoms with E-state index in [9.17, 15) is 9.59 Å². The minimum atomic E-state index is -1.68. The molecule has 0 bridgehead atoms. The molecule has 0 radical (unpaired) electrons. The van der Waals surface area contributed by atoms with E-state index in [0.29, 0.717) is 0 Å². The fraction of sp³-hybridized carbons (Fsp3) is 0.667. The first-order chi connectivity index (χ1) is 5.54. The van der Waals surface area contributed by atoms with Crippen LogP contribution in [0.2, 0.25) is 0 Å². The number of hydrogen-bond donors (Lipinski definition) is 2. The standard InChI is InChI=1S/C6H11NO5.ClH/c1-11-5(9)3(7)4(8)6(10)12-2;/h3-4,8H,7H2,1-2H3;1H. The molecule has 0 saturated carbocycles. The van der Waals surface area contributed by atoms with Gasteiger partial charge >= 0.3 is 11.9 Å². The van der Waals surface area contributed by atoms with Crippen LogP contribution >= 0.6 is 12.4 Å². The van der Waals surface area contributed by atoms with Gasteiger partial charge in [-0.25, -0.2) is 4.79 Å². The van der Waals surface area contributed by atoms with Crippen LogP contribution in [0.15, 0.2) is 0 Å². The Bertz CT molecular complexity index is 166. The van der Waals surface area contributed by atoms with Crippen molar-refractivity contribution in [2.45, 2.75) is 12.1 Å². The highest BCUT2D eigenvalue weighted by Gasteiger charge is 2.30. The third-order valence-corrected chi connectivity index (χ3v) is 1.26. The first-order valence-corrected chi connectivity index (χ1v) is 3.14. The van der Waals surface area contributed by atoms with Crippen molar-refractivity contribution in [3.63, 3.8) is 0 Å². The molecule has 7 heteroatoms. The fourth-order valence-electron chi connectivity index (χ4n) is 0.532. The molecule has 0 aromatic carbocycles. The minimum absolute atomic E-state index is 0. The van der Waals surface area contributed by atoms with Gasteiger partial charge in [0.1, 0.15) is 6.04 Å². The number of carbonyl (C=O) groups excluding carboxylic acids is 2. The summed E-state index contributed by atoms with van der Waals surface area (Å²) in [5.74, 6) is -1.83. The Labute approximate surface area is 81.4 Å². The Hall–Kier alpha value is -0.850. The van der Waals surface area contributed by atoms with Gasteiger partial charge in [-0.15, -0.1) is 12.4 Å². The van der Waals surface area contributed by atoms with Crippen LogP contribution < -0.4 is 5.73 Å². The highest BCUT2D eigenvalue weighted by Crippen LogP contribution is 1.95. The monoisotopic (exact) mass is 213 g/mol. The summed E-state index contributed by atoms with van der Waals surface area (Å²) in [7, 11) is 2.18. The molecule has 0 amide bonds. The van der Waals surface area contributed by atoms with Crippen molar-refractivity contribution in [2.75, 3.05) is 14.2 Å². The summed E-state index contributed by atoms with van der Waals surface area (Å²) >= 11 is 0. The molecular weight excluding hydrogens is 202 g/mol. The summed E-state index contributed by atoms with van der Waals surface area (Å²) in [5, 5.41) is 8.99. The maximum absolute atomic E-state index is 10.7. The normalized spacial score (nSPS) is 13.5. The predicted molar refractivity (Wildman–Crippen MR) is 45.3 cm³/mol. The number of ether oxygens (including phenoxy) is 2. The zero-order valence-corrected chi connectivity index (χ0v) is 8.04. The largest absolute Gasteiger partial charge is 0.468 e. The van der Waals surface area contributed by atoms with Crippen LogP contribution in [-0.2, 0) is 19.1 Å². The van der Waals surface area contributed by atoms with Crippen molar-refractivity contribution in [1.29, 1.82) is 0 Å². The molecule has 13 heavy (non-hydrogen) atoms. The van der Waals surface area contributed by atoms with Crippen LogP contribution in [0.1, 0.15) is 0 Å². The summed E-state index contributed by atoms with van der Waals surface area (Å²) < 4.78 is 8.35. The van der Waals surface area contributed by atoms with Crippen molar-refractivity contribution in [3.05, 3.63) is 0 Å². The van der Waals surface area contributed by atoms with Crippen LogP contribution in [-0.4, -0.2) is 43.4 Å². The van der Waals surface area contributed by atoms with Crippen molar-refractivity contribution in [2.24, 2.45) is 5.73 Å². The van der Waals surface area contributed by atoms with Crippen LogP contribution in [0, 0.1) is 0 Å². The van der Waals surface area contributed by atoms with Gasteiger partial charge in [0.2, 0.25) is 0 Å². The number of aliphatic hydroxyl groups is 1. The molecule has 0 aromatic rings. The number of carbonyl (C=O) groups is 2. The summed E-state index contributed by atoms with van der Waals surface area (Å²) in [6.07, 6.45) is -1.68. The van der Waals surface area contributed by atoms with Gasteiger partial charge in [-0.3, -0.25) is 4.79 Å². The van der Waals surface area contributed by atoms with Gasteiger partial charge in [-0.2, -0.15) is 0 Å². The molecule has 78 valence electrons. The zero-order chi connectivity index (χ0) is 9.72. The van der Waals surface area contributed by atoms with Gasteiger partial charge < -0.3 is 20.3 Å². The SMILES string of the molecule is COC(=O)C(N)C(O)C(=O)OC.Cl. The number of rotatable bonds is 3. The highest BCUT2D eigenvalue weighted by molar-refractivity contribution is 5.86. The first-order valence-electron chi connectivity index (χ1n) is 3.14. The Morgan fingerprint density at radius 2 is 1.62 bits per heavy atom. The lowest BCUT2D eigenvalue weighted by atomic mass is 10.2.